The maximum absolute atomic E-state index is 3.30. The molecule has 41 heavy (non-hydrogen) atoms. The maximum Gasteiger partial charge on any atom is 0.0462 e. The van der Waals surface area contributed by atoms with Crippen molar-refractivity contribution in [2.75, 3.05) is 4.90 Å². The van der Waals surface area contributed by atoms with E-state index < -0.39 is 0 Å². The van der Waals surface area contributed by atoms with Crippen LogP contribution in [0, 0.1) is 23.7 Å². The number of para-hydroxylation sites is 2. The zero-order chi connectivity index (χ0) is 27.7. The van der Waals surface area contributed by atoms with Crippen molar-refractivity contribution >= 4 is 33.9 Å². The van der Waals surface area contributed by atoms with Crippen molar-refractivity contribution in [2.45, 2.75) is 0 Å². The van der Waals surface area contributed by atoms with Crippen molar-refractivity contribution in [1.29, 1.82) is 0 Å². The van der Waals surface area contributed by atoms with Gasteiger partial charge in [-0.05, 0) is 95.2 Å². The molecule has 0 unspecified atom stereocenters. The molecule has 0 saturated carbocycles. The molecular formula is C40H27N. The van der Waals surface area contributed by atoms with Gasteiger partial charge < -0.3 is 4.90 Å². The lowest BCUT2D eigenvalue weighted by atomic mass is 10.1. The topological polar surface area (TPSA) is 3.24 Å². The molecule has 0 spiro atoms. The Balaban J connectivity index is 1.14. The van der Waals surface area contributed by atoms with Crippen molar-refractivity contribution in [3.63, 3.8) is 0 Å². The molecule has 6 rings (SSSR count). The van der Waals surface area contributed by atoms with Crippen LogP contribution in [0.2, 0.25) is 0 Å². The molecule has 0 amide bonds. The van der Waals surface area contributed by atoms with Gasteiger partial charge in [0.05, 0.1) is 0 Å². The van der Waals surface area contributed by atoms with Crippen LogP contribution in [0.3, 0.4) is 0 Å². The highest BCUT2D eigenvalue weighted by molar-refractivity contribution is 5.88. The van der Waals surface area contributed by atoms with Crippen LogP contribution in [0.15, 0.2) is 158 Å². The van der Waals surface area contributed by atoms with Gasteiger partial charge in [0.15, 0.2) is 0 Å². The number of anilines is 3. The highest BCUT2D eigenvalue weighted by Gasteiger charge is 2.11. The van der Waals surface area contributed by atoms with Crippen LogP contribution in [0.5, 0.6) is 0 Å². The first-order valence-corrected chi connectivity index (χ1v) is 13.6. The van der Waals surface area contributed by atoms with Gasteiger partial charge in [0.25, 0.3) is 0 Å². The van der Waals surface area contributed by atoms with Crippen LogP contribution >= 0.6 is 0 Å². The predicted octanol–water partition coefficient (Wildman–Crippen LogP) is 9.77. The minimum Gasteiger partial charge on any atom is -0.311 e. The lowest BCUT2D eigenvalue weighted by Gasteiger charge is -2.25. The molecule has 0 aliphatic carbocycles. The Morgan fingerprint density at radius 2 is 0.976 bits per heavy atom. The molecule has 0 fully saturated rings. The fourth-order valence-electron chi connectivity index (χ4n) is 4.71. The highest BCUT2D eigenvalue weighted by Crippen LogP contribution is 2.34. The number of hydrogen-bond acceptors (Lipinski definition) is 1. The molecule has 0 bridgehead atoms. The van der Waals surface area contributed by atoms with Crippen LogP contribution < -0.4 is 4.90 Å². The fraction of sp³-hybridized carbons (Fsp3) is 0. The zero-order valence-electron chi connectivity index (χ0n) is 22.5. The summed E-state index contributed by atoms with van der Waals surface area (Å²) in [5, 5.41) is 2.38. The summed E-state index contributed by atoms with van der Waals surface area (Å²) in [4.78, 5) is 2.25. The molecule has 0 N–H and O–H groups in total. The monoisotopic (exact) mass is 521 g/mol. The minimum atomic E-state index is 0.975. The number of allylic oxidation sites excluding steroid dienone is 1. The number of hydrogen-bond donors (Lipinski definition) is 0. The van der Waals surface area contributed by atoms with Gasteiger partial charge in [-0.3, -0.25) is 0 Å². The fourth-order valence-corrected chi connectivity index (χ4v) is 4.71. The molecule has 6 aromatic carbocycles. The van der Waals surface area contributed by atoms with Crippen molar-refractivity contribution in [3.05, 3.63) is 180 Å². The van der Waals surface area contributed by atoms with E-state index in [0.29, 0.717) is 0 Å². The van der Waals surface area contributed by atoms with E-state index in [9.17, 15) is 0 Å². The minimum absolute atomic E-state index is 0.975. The SMILES string of the molecule is C(#Cc1cccc2ccccc12)/C=C/c1ccc(C#Cc2ccc(N(c3ccccc3)c3ccccc3)cc2)cc1. The van der Waals surface area contributed by atoms with Gasteiger partial charge in [0.2, 0.25) is 0 Å². The predicted molar refractivity (Wildman–Crippen MR) is 173 cm³/mol. The lowest BCUT2D eigenvalue weighted by molar-refractivity contribution is 1.28. The molecule has 0 aliphatic rings. The van der Waals surface area contributed by atoms with Crippen LogP contribution in [0.1, 0.15) is 22.3 Å². The molecular weight excluding hydrogens is 494 g/mol. The second-order valence-electron chi connectivity index (χ2n) is 9.55. The molecule has 0 heterocycles. The van der Waals surface area contributed by atoms with Gasteiger partial charge >= 0.3 is 0 Å². The number of benzene rings is 6. The first-order valence-electron chi connectivity index (χ1n) is 13.6. The van der Waals surface area contributed by atoms with Crippen molar-refractivity contribution < 1.29 is 0 Å². The Kier molecular flexibility index (Phi) is 7.72. The summed E-state index contributed by atoms with van der Waals surface area (Å²) in [6, 6.07) is 52.0. The third-order valence-corrected chi connectivity index (χ3v) is 6.77. The Morgan fingerprint density at radius 3 is 1.63 bits per heavy atom. The third-order valence-electron chi connectivity index (χ3n) is 6.77. The molecule has 192 valence electrons. The van der Waals surface area contributed by atoms with E-state index in [4.69, 9.17) is 0 Å². The number of rotatable bonds is 4. The highest BCUT2D eigenvalue weighted by atomic mass is 15.1. The summed E-state index contributed by atoms with van der Waals surface area (Å²) >= 11 is 0. The van der Waals surface area contributed by atoms with E-state index in [1.54, 1.807) is 0 Å². The molecule has 0 saturated heterocycles. The number of fused-ring (bicyclic) bond motifs is 1. The van der Waals surface area contributed by atoms with E-state index in [2.05, 4.69) is 144 Å². The molecule has 0 aliphatic heterocycles. The third kappa shape index (κ3) is 6.29. The van der Waals surface area contributed by atoms with Gasteiger partial charge in [-0.15, -0.1) is 0 Å². The molecule has 1 heteroatoms. The quantitative estimate of drug-likeness (QED) is 0.209. The summed E-state index contributed by atoms with van der Waals surface area (Å²) in [6.07, 6.45) is 3.93. The summed E-state index contributed by atoms with van der Waals surface area (Å²) in [5.74, 6) is 13.0. The second-order valence-corrected chi connectivity index (χ2v) is 9.55. The Hall–Kier alpha value is -5.76. The zero-order valence-corrected chi connectivity index (χ0v) is 22.5. The first-order chi connectivity index (χ1) is 20.3. The van der Waals surface area contributed by atoms with Gasteiger partial charge in [0.1, 0.15) is 0 Å². The maximum atomic E-state index is 3.30. The molecule has 0 atom stereocenters. The normalized spacial score (nSPS) is 10.4. The second kappa shape index (κ2) is 12.4. The summed E-state index contributed by atoms with van der Waals surface area (Å²) < 4.78 is 0. The smallest absolute Gasteiger partial charge is 0.0462 e. The van der Waals surface area contributed by atoms with Crippen molar-refractivity contribution in [2.24, 2.45) is 0 Å². The van der Waals surface area contributed by atoms with Crippen molar-refractivity contribution in [1.82, 2.24) is 0 Å². The Labute approximate surface area is 242 Å². The lowest BCUT2D eigenvalue weighted by Crippen LogP contribution is -2.09. The van der Waals surface area contributed by atoms with Gasteiger partial charge in [-0.25, -0.2) is 0 Å². The Bertz CT molecular complexity index is 1870. The molecule has 6 aromatic rings. The van der Waals surface area contributed by atoms with E-state index in [1.165, 1.54) is 10.8 Å². The van der Waals surface area contributed by atoms with Crippen LogP contribution in [0.4, 0.5) is 17.1 Å². The van der Waals surface area contributed by atoms with E-state index in [1.807, 2.05) is 48.6 Å². The van der Waals surface area contributed by atoms with E-state index in [0.717, 1.165) is 39.3 Å². The molecule has 1 nitrogen and oxygen atoms in total. The Morgan fingerprint density at radius 1 is 0.439 bits per heavy atom. The average molecular weight is 522 g/mol. The van der Waals surface area contributed by atoms with E-state index >= 15 is 0 Å². The average Bonchev–Trinajstić information content (AvgIpc) is 3.04. The molecule has 0 radical (unpaired) electrons. The summed E-state index contributed by atoms with van der Waals surface area (Å²) in [5.41, 5.74) is 7.41. The standard InChI is InChI=1S/C40H27N/c1-3-17-37(18-4-1)41(38-19-5-2-6-20-38)39-30-28-34(29-31-39)27-26-33-24-22-32(23-25-33)12-7-8-13-35-15-11-16-36-14-9-10-21-40(35)36/h1-7,9-12,14-25,28-31H/b12-7+. The molecule has 0 aromatic heterocycles. The number of nitrogens with zero attached hydrogens (tertiary/aromatic N) is 1. The summed E-state index contributed by atoms with van der Waals surface area (Å²) in [6.45, 7) is 0. The van der Waals surface area contributed by atoms with Gasteiger partial charge in [0, 0.05) is 33.8 Å². The van der Waals surface area contributed by atoms with Crippen LogP contribution in [-0.4, -0.2) is 0 Å². The largest absolute Gasteiger partial charge is 0.311 e. The summed E-state index contributed by atoms with van der Waals surface area (Å²) in [7, 11) is 0. The van der Waals surface area contributed by atoms with Gasteiger partial charge in [-0.2, -0.15) is 0 Å². The van der Waals surface area contributed by atoms with Crippen LogP contribution in [0.25, 0.3) is 16.8 Å². The van der Waals surface area contributed by atoms with Gasteiger partial charge in [-0.1, -0.05) is 109 Å². The van der Waals surface area contributed by atoms with Crippen LogP contribution in [-0.2, 0) is 0 Å². The van der Waals surface area contributed by atoms with Crippen molar-refractivity contribution in [3.8, 4) is 23.7 Å². The first kappa shape index (κ1) is 25.5. The van der Waals surface area contributed by atoms with E-state index in [-0.39, 0.29) is 0 Å².